The van der Waals surface area contributed by atoms with E-state index in [1.54, 1.807) is 24.3 Å². The van der Waals surface area contributed by atoms with Crippen molar-refractivity contribution in [1.29, 1.82) is 5.26 Å². The fraction of sp³-hybridized carbons (Fsp3) is 0.385. The number of urea groups is 1. The van der Waals surface area contributed by atoms with Crippen LogP contribution in [-0.4, -0.2) is 12.1 Å². The molecule has 0 bridgehead atoms. The van der Waals surface area contributed by atoms with Crippen LogP contribution in [0, 0.1) is 17.2 Å². The minimum absolute atomic E-state index is 0.0471. The lowest BCUT2D eigenvalue weighted by Crippen LogP contribution is -2.39. The second-order valence-electron chi connectivity index (χ2n) is 4.38. The summed E-state index contributed by atoms with van der Waals surface area (Å²) in [7, 11) is 0. The molecule has 0 saturated heterocycles. The van der Waals surface area contributed by atoms with E-state index in [0.29, 0.717) is 10.7 Å². The van der Waals surface area contributed by atoms with Crippen LogP contribution in [0.3, 0.4) is 0 Å². The van der Waals surface area contributed by atoms with Gasteiger partial charge < -0.3 is 10.6 Å². The summed E-state index contributed by atoms with van der Waals surface area (Å²) in [5, 5.41) is 15.1. The zero-order valence-electron chi connectivity index (χ0n) is 9.82. The molecule has 18 heavy (non-hydrogen) atoms. The molecule has 0 spiro atoms. The maximum atomic E-state index is 11.8. The fourth-order valence-corrected chi connectivity index (χ4v) is 2.38. The van der Waals surface area contributed by atoms with Gasteiger partial charge in [-0.2, -0.15) is 5.26 Å². The number of halogens is 1. The van der Waals surface area contributed by atoms with E-state index in [1.807, 2.05) is 0 Å². The van der Waals surface area contributed by atoms with Gasteiger partial charge in [0.25, 0.3) is 0 Å². The summed E-state index contributed by atoms with van der Waals surface area (Å²) < 4.78 is 0. The Balaban J connectivity index is 1.91. The molecule has 1 saturated carbocycles. The van der Waals surface area contributed by atoms with E-state index < -0.39 is 0 Å². The first-order chi connectivity index (χ1) is 8.69. The first-order valence-corrected chi connectivity index (χ1v) is 6.29. The molecular formula is C13H14ClN3O. The van der Waals surface area contributed by atoms with Crippen molar-refractivity contribution in [3.63, 3.8) is 0 Å². The number of hydrogen-bond acceptors (Lipinski definition) is 2. The van der Waals surface area contributed by atoms with E-state index >= 15 is 0 Å². The van der Waals surface area contributed by atoms with Gasteiger partial charge in [-0.1, -0.05) is 17.7 Å². The normalized spacial score (nSPS) is 22.2. The maximum Gasteiger partial charge on any atom is 0.319 e. The topological polar surface area (TPSA) is 64.9 Å². The van der Waals surface area contributed by atoms with E-state index in [0.717, 1.165) is 19.3 Å². The number of nitriles is 1. The Morgan fingerprint density at radius 1 is 1.44 bits per heavy atom. The molecule has 94 valence electrons. The second-order valence-corrected chi connectivity index (χ2v) is 4.82. The molecular weight excluding hydrogens is 250 g/mol. The third-order valence-corrected chi connectivity index (χ3v) is 3.32. The van der Waals surface area contributed by atoms with Crippen molar-refractivity contribution in [2.24, 2.45) is 5.92 Å². The lowest BCUT2D eigenvalue weighted by Gasteiger charge is -2.16. The average Bonchev–Trinajstić information content (AvgIpc) is 2.76. The molecule has 1 aromatic carbocycles. The summed E-state index contributed by atoms with van der Waals surface area (Å²) in [5.74, 6) is -0.0740. The molecule has 0 aliphatic heterocycles. The molecule has 1 aliphatic carbocycles. The monoisotopic (exact) mass is 263 g/mol. The van der Waals surface area contributed by atoms with Gasteiger partial charge in [0.05, 0.1) is 12.0 Å². The Morgan fingerprint density at radius 2 is 2.28 bits per heavy atom. The minimum Gasteiger partial charge on any atom is -0.334 e. The van der Waals surface area contributed by atoms with Crippen LogP contribution in [0.1, 0.15) is 19.3 Å². The zero-order chi connectivity index (χ0) is 13.0. The third kappa shape index (κ3) is 3.14. The Bertz CT molecular complexity index is 483. The van der Waals surface area contributed by atoms with Gasteiger partial charge in [-0.15, -0.1) is 0 Å². The second kappa shape index (κ2) is 5.74. The first kappa shape index (κ1) is 12.7. The van der Waals surface area contributed by atoms with E-state index in [1.165, 1.54) is 0 Å². The summed E-state index contributed by atoms with van der Waals surface area (Å²) in [6.45, 7) is 0. The van der Waals surface area contributed by atoms with Crippen LogP contribution in [0.4, 0.5) is 10.5 Å². The molecule has 1 fully saturated rings. The molecule has 2 unspecified atom stereocenters. The molecule has 0 radical (unpaired) electrons. The SMILES string of the molecule is N#CC1CCCC1NC(=O)Nc1cccc(Cl)c1. The van der Waals surface area contributed by atoms with E-state index in [9.17, 15) is 4.79 Å². The fourth-order valence-electron chi connectivity index (χ4n) is 2.19. The quantitative estimate of drug-likeness (QED) is 0.861. The van der Waals surface area contributed by atoms with E-state index in [2.05, 4.69) is 16.7 Å². The number of nitrogens with one attached hydrogen (secondary N) is 2. The standard InChI is InChI=1S/C13H14ClN3O/c14-10-4-2-5-11(7-10)16-13(18)17-12-6-1-3-9(12)8-15/h2,4-5,7,9,12H,1,3,6H2,(H2,16,17,18). The van der Waals surface area contributed by atoms with Gasteiger partial charge >= 0.3 is 6.03 Å². The van der Waals surface area contributed by atoms with Crippen LogP contribution in [-0.2, 0) is 0 Å². The molecule has 2 N–H and O–H groups in total. The Kier molecular flexibility index (Phi) is 4.06. The van der Waals surface area contributed by atoms with Crippen molar-refractivity contribution in [2.45, 2.75) is 25.3 Å². The molecule has 1 aromatic rings. The predicted octanol–water partition coefficient (Wildman–Crippen LogP) is 3.15. The number of carbonyl (C=O) groups excluding carboxylic acids is 1. The summed E-state index contributed by atoms with van der Waals surface area (Å²) in [6.07, 6.45) is 2.71. The van der Waals surface area contributed by atoms with Crippen LogP contribution < -0.4 is 10.6 Å². The summed E-state index contributed by atoms with van der Waals surface area (Å²) in [4.78, 5) is 11.8. The molecule has 2 atom stereocenters. The molecule has 0 heterocycles. The zero-order valence-corrected chi connectivity index (χ0v) is 10.6. The number of hydrogen-bond donors (Lipinski definition) is 2. The summed E-state index contributed by atoms with van der Waals surface area (Å²) >= 11 is 5.83. The van der Waals surface area contributed by atoms with Crippen LogP contribution in [0.15, 0.2) is 24.3 Å². The highest BCUT2D eigenvalue weighted by molar-refractivity contribution is 6.30. The molecule has 2 amide bonds. The van der Waals surface area contributed by atoms with Crippen LogP contribution >= 0.6 is 11.6 Å². The van der Waals surface area contributed by atoms with Gasteiger partial charge in [-0.05, 0) is 37.5 Å². The molecule has 5 heteroatoms. The van der Waals surface area contributed by atoms with Crippen molar-refractivity contribution in [3.05, 3.63) is 29.3 Å². The lowest BCUT2D eigenvalue weighted by molar-refractivity contribution is 0.247. The van der Waals surface area contributed by atoms with Gasteiger partial charge in [0, 0.05) is 16.8 Å². The summed E-state index contributed by atoms with van der Waals surface area (Å²) in [5.41, 5.74) is 0.645. The predicted molar refractivity (Wildman–Crippen MR) is 70.3 cm³/mol. The highest BCUT2D eigenvalue weighted by atomic mass is 35.5. The highest BCUT2D eigenvalue weighted by Gasteiger charge is 2.28. The smallest absolute Gasteiger partial charge is 0.319 e. The van der Waals surface area contributed by atoms with E-state index in [4.69, 9.17) is 16.9 Å². The van der Waals surface area contributed by atoms with Crippen LogP contribution in [0.5, 0.6) is 0 Å². The number of benzene rings is 1. The Labute approximate surface area is 111 Å². The van der Waals surface area contributed by atoms with Crippen LogP contribution in [0.25, 0.3) is 0 Å². The van der Waals surface area contributed by atoms with Gasteiger partial charge in [0.1, 0.15) is 0 Å². The number of nitrogens with zero attached hydrogens (tertiary/aromatic N) is 1. The maximum absolute atomic E-state index is 11.8. The molecule has 4 nitrogen and oxygen atoms in total. The number of amides is 2. The van der Waals surface area contributed by atoms with Gasteiger partial charge in [-0.3, -0.25) is 0 Å². The first-order valence-electron chi connectivity index (χ1n) is 5.92. The molecule has 0 aromatic heterocycles. The highest BCUT2D eigenvalue weighted by Crippen LogP contribution is 2.25. The number of anilines is 1. The van der Waals surface area contributed by atoms with Crippen molar-refractivity contribution in [1.82, 2.24) is 5.32 Å². The minimum atomic E-state index is -0.288. The Hall–Kier alpha value is -1.73. The van der Waals surface area contributed by atoms with Gasteiger partial charge in [-0.25, -0.2) is 4.79 Å². The third-order valence-electron chi connectivity index (χ3n) is 3.08. The number of carbonyl (C=O) groups is 1. The van der Waals surface area contributed by atoms with Crippen molar-refractivity contribution >= 4 is 23.3 Å². The summed E-state index contributed by atoms with van der Waals surface area (Å²) in [6, 6.07) is 8.85. The number of rotatable bonds is 2. The lowest BCUT2D eigenvalue weighted by atomic mass is 10.1. The molecule has 2 rings (SSSR count). The largest absolute Gasteiger partial charge is 0.334 e. The Morgan fingerprint density at radius 3 is 3.00 bits per heavy atom. The van der Waals surface area contributed by atoms with Crippen molar-refractivity contribution in [3.8, 4) is 6.07 Å². The van der Waals surface area contributed by atoms with E-state index in [-0.39, 0.29) is 18.0 Å². The van der Waals surface area contributed by atoms with Crippen molar-refractivity contribution < 1.29 is 4.79 Å². The van der Waals surface area contributed by atoms with Gasteiger partial charge in [0.15, 0.2) is 0 Å². The average molecular weight is 264 g/mol. The van der Waals surface area contributed by atoms with Crippen LogP contribution in [0.2, 0.25) is 5.02 Å². The molecule has 1 aliphatic rings. The van der Waals surface area contributed by atoms with Gasteiger partial charge in [0.2, 0.25) is 0 Å². The van der Waals surface area contributed by atoms with Crippen molar-refractivity contribution in [2.75, 3.05) is 5.32 Å².